The molecule has 0 aromatic rings. The molecule has 5 nitrogen and oxygen atoms in total. The molecule has 0 spiro atoms. The van der Waals surface area contributed by atoms with Crippen LogP contribution in [-0.4, -0.2) is 24.6 Å². The summed E-state index contributed by atoms with van der Waals surface area (Å²) in [6.07, 6.45) is 3.32. The smallest absolute Gasteiger partial charge is 0.315 e. The number of carboxylic acids is 1. The number of hydrogen-bond donors (Lipinski definition) is 2. The number of aliphatic carboxylic acids is 1. The highest BCUT2D eigenvalue weighted by Crippen LogP contribution is 2.07. The Morgan fingerprint density at radius 3 is 2.93 bits per heavy atom. The first-order valence-corrected chi connectivity index (χ1v) is 4.92. The first kappa shape index (κ1) is 10.8. The van der Waals surface area contributed by atoms with Crippen molar-refractivity contribution in [2.45, 2.75) is 38.1 Å². The van der Waals surface area contributed by atoms with Gasteiger partial charge in [0.25, 0.3) is 0 Å². The lowest BCUT2D eigenvalue weighted by Gasteiger charge is -2.24. The van der Waals surface area contributed by atoms with Crippen molar-refractivity contribution < 1.29 is 14.7 Å². The van der Waals surface area contributed by atoms with E-state index in [1.807, 2.05) is 0 Å². The predicted molar refractivity (Wildman–Crippen MR) is 48.4 cm³/mol. The molecular weight excluding hydrogens is 184 g/mol. The highest BCUT2D eigenvalue weighted by Gasteiger charge is 2.16. The molecule has 1 rings (SSSR count). The van der Waals surface area contributed by atoms with E-state index in [9.17, 15) is 14.7 Å². The number of nitrogens with one attached hydrogen (secondary N) is 2. The van der Waals surface area contributed by atoms with E-state index in [1.54, 1.807) is 0 Å². The van der Waals surface area contributed by atoms with Crippen molar-refractivity contribution in [3.8, 4) is 0 Å². The van der Waals surface area contributed by atoms with Crippen LogP contribution in [0.15, 0.2) is 0 Å². The Labute approximate surface area is 82.9 Å². The van der Waals surface area contributed by atoms with Gasteiger partial charge in [-0.25, -0.2) is 4.79 Å². The third-order valence-corrected chi connectivity index (χ3v) is 2.30. The molecule has 0 radical (unpaired) electrons. The van der Waals surface area contributed by atoms with E-state index in [-0.39, 0.29) is 18.5 Å². The minimum absolute atomic E-state index is 0.110. The highest BCUT2D eigenvalue weighted by molar-refractivity contribution is 5.74. The van der Waals surface area contributed by atoms with Crippen molar-refractivity contribution in [1.29, 1.82) is 0 Å². The van der Waals surface area contributed by atoms with E-state index < -0.39 is 5.97 Å². The summed E-state index contributed by atoms with van der Waals surface area (Å²) >= 11 is 0. The van der Waals surface area contributed by atoms with E-state index in [4.69, 9.17) is 0 Å². The Bertz CT molecular complexity index is 218. The van der Waals surface area contributed by atoms with Crippen LogP contribution in [0.1, 0.15) is 32.1 Å². The minimum atomic E-state index is -1.00. The number of carboxylic acid groups (broad SMARTS) is 1. The molecule has 1 aliphatic rings. The summed E-state index contributed by atoms with van der Waals surface area (Å²) in [6.45, 7) is 0.705. The second kappa shape index (κ2) is 5.47. The standard InChI is InChI=1S/C9H16N2O3/c12-8(13)4-2-1-3-7-5-6-10-9(14)11-7/h7H,1-6H2,(H,12,13)(H2,10,11,14)/p-1/t7-/m1/s1. The molecule has 2 amide bonds. The van der Waals surface area contributed by atoms with Gasteiger partial charge in [0, 0.05) is 18.6 Å². The zero-order valence-corrected chi connectivity index (χ0v) is 8.04. The van der Waals surface area contributed by atoms with Gasteiger partial charge in [-0.15, -0.1) is 0 Å². The third-order valence-electron chi connectivity index (χ3n) is 2.30. The van der Waals surface area contributed by atoms with Gasteiger partial charge in [-0.2, -0.15) is 0 Å². The zero-order valence-electron chi connectivity index (χ0n) is 8.04. The quantitative estimate of drug-likeness (QED) is 0.578. The third kappa shape index (κ3) is 4.11. The van der Waals surface area contributed by atoms with E-state index in [0.29, 0.717) is 13.0 Å². The van der Waals surface area contributed by atoms with E-state index >= 15 is 0 Å². The van der Waals surface area contributed by atoms with Crippen LogP contribution in [0.2, 0.25) is 0 Å². The largest absolute Gasteiger partial charge is 0.550 e. The van der Waals surface area contributed by atoms with Crippen LogP contribution in [0.5, 0.6) is 0 Å². The summed E-state index contributed by atoms with van der Waals surface area (Å²) < 4.78 is 0. The van der Waals surface area contributed by atoms with Crippen molar-refractivity contribution in [1.82, 2.24) is 10.6 Å². The van der Waals surface area contributed by atoms with Crippen LogP contribution in [-0.2, 0) is 4.79 Å². The van der Waals surface area contributed by atoms with Gasteiger partial charge in [-0.3, -0.25) is 0 Å². The number of hydrogen-bond acceptors (Lipinski definition) is 3. The number of carbonyl (C=O) groups excluding carboxylic acids is 2. The molecule has 0 aliphatic carbocycles. The summed E-state index contributed by atoms with van der Waals surface area (Å²) in [4.78, 5) is 21.0. The van der Waals surface area contributed by atoms with Crippen LogP contribution < -0.4 is 15.7 Å². The fourth-order valence-corrected chi connectivity index (χ4v) is 1.55. The van der Waals surface area contributed by atoms with Crippen molar-refractivity contribution in [3.63, 3.8) is 0 Å². The Morgan fingerprint density at radius 2 is 2.29 bits per heavy atom. The molecule has 0 aromatic carbocycles. The molecule has 1 atom stereocenters. The van der Waals surface area contributed by atoms with Gasteiger partial charge >= 0.3 is 6.03 Å². The second-order valence-electron chi connectivity index (χ2n) is 3.50. The highest BCUT2D eigenvalue weighted by atomic mass is 16.4. The maximum atomic E-state index is 10.9. The van der Waals surface area contributed by atoms with Gasteiger partial charge in [-0.1, -0.05) is 6.42 Å². The van der Waals surface area contributed by atoms with Crippen molar-refractivity contribution in [2.24, 2.45) is 0 Å². The normalized spacial score (nSPS) is 21.1. The number of rotatable bonds is 5. The Hall–Kier alpha value is -1.26. The number of amides is 2. The van der Waals surface area contributed by atoms with E-state index in [0.717, 1.165) is 19.3 Å². The molecule has 0 unspecified atom stereocenters. The monoisotopic (exact) mass is 199 g/mol. The molecule has 2 N–H and O–H groups in total. The molecule has 0 saturated carbocycles. The Kier molecular flexibility index (Phi) is 4.22. The summed E-state index contributed by atoms with van der Waals surface area (Å²) in [7, 11) is 0. The number of unbranched alkanes of at least 4 members (excludes halogenated alkanes) is 1. The Morgan fingerprint density at radius 1 is 1.50 bits per heavy atom. The van der Waals surface area contributed by atoms with Gasteiger partial charge in [0.2, 0.25) is 0 Å². The molecule has 1 fully saturated rings. The van der Waals surface area contributed by atoms with Gasteiger partial charge in [0.15, 0.2) is 0 Å². The first-order valence-electron chi connectivity index (χ1n) is 4.92. The topological polar surface area (TPSA) is 81.3 Å². The number of urea groups is 1. The van der Waals surface area contributed by atoms with Gasteiger partial charge < -0.3 is 20.5 Å². The average molecular weight is 199 g/mol. The fourth-order valence-electron chi connectivity index (χ4n) is 1.55. The molecule has 0 bridgehead atoms. The lowest BCUT2D eigenvalue weighted by Crippen LogP contribution is -2.49. The van der Waals surface area contributed by atoms with Crippen molar-refractivity contribution in [2.75, 3.05) is 6.54 Å². The SMILES string of the molecule is O=C([O-])CCCC[C@@H]1CCNC(=O)N1. The molecular formula is C9H15N2O3-. The maximum Gasteiger partial charge on any atom is 0.315 e. The van der Waals surface area contributed by atoms with Crippen LogP contribution in [0.25, 0.3) is 0 Å². The number of carbonyl (C=O) groups is 2. The predicted octanol–water partition coefficient (Wildman–Crippen LogP) is -0.632. The lowest BCUT2D eigenvalue weighted by atomic mass is 10.0. The van der Waals surface area contributed by atoms with Crippen molar-refractivity contribution >= 4 is 12.0 Å². The molecule has 80 valence electrons. The van der Waals surface area contributed by atoms with Crippen LogP contribution in [0, 0.1) is 0 Å². The van der Waals surface area contributed by atoms with Crippen molar-refractivity contribution in [3.05, 3.63) is 0 Å². The molecule has 5 heteroatoms. The second-order valence-corrected chi connectivity index (χ2v) is 3.50. The molecule has 1 aliphatic heterocycles. The van der Waals surface area contributed by atoms with Crippen LogP contribution in [0.3, 0.4) is 0 Å². The molecule has 14 heavy (non-hydrogen) atoms. The van der Waals surface area contributed by atoms with Gasteiger partial charge in [0.1, 0.15) is 0 Å². The molecule has 0 aromatic heterocycles. The van der Waals surface area contributed by atoms with E-state index in [2.05, 4.69) is 10.6 Å². The zero-order chi connectivity index (χ0) is 10.4. The Balaban J connectivity index is 2.06. The fraction of sp³-hybridized carbons (Fsp3) is 0.778. The van der Waals surface area contributed by atoms with Crippen LogP contribution >= 0.6 is 0 Å². The molecule has 1 heterocycles. The van der Waals surface area contributed by atoms with Gasteiger partial charge in [-0.05, 0) is 25.7 Å². The van der Waals surface area contributed by atoms with Crippen LogP contribution in [0.4, 0.5) is 4.79 Å². The average Bonchev–Trinajstić information content (AvgIpc) is 2.12. The van der Waals surface area contributed by atoms with Gasteiger partial charge in [0.05, 0.1) is 0 Å². The summed E-state index contributed by atoms with van der Waals surface area (Å²) in [5.74, 6) is -1.00. The first-order chi connectivity index (χ1) is 6.68. The minimum Gasteiger partial charge on any atom is -0.550 e. The lowest BCUT2D eigenvalue weighted by molar-refractivity contribution is -0.305. The summed E-state index contributed by atoms with van der Waals surface area (Å²) in [5.41, 5.74) is 0. The van der Waals surface area contributed by atoms with E-state index in [1.165, 1.54) is 0 Å². The summed E-state index contributed by atoms with van der Waals surface area (Å²) in [5, 5.41) is 15.6. The summed E-state index contributed by atoms with van der Waals surface area (Å²) in [6, 6.07) is 0.0756. The molecule has 1 saturated heterocycles. The maximum absolute atomic E-state index is 10.9.